The second-order valence-corrected chi connectivity index (χ2v) is 7.40. The van der Waals surface area contributed by atoms with Crippen LogP contribution in [0.3, 0.4) is 0 Å². The fraction of sp³-hybridized carbons (Fsp3) is 0.476. The Bertz CT molecular complexity index is 738. The summed E-state index contributed by atoms with van der Waals surface area (Å²) in [5.41, 5.74) is 15.6. The summed E-state index contributed by atoms with van der Waals surface area (Å²) in [4.78, 5) is 4.00. The normalized spacial score (nSPS) is 10.2. The number of nitrogens with two attached hydrogens (primary N) is 2. The van der Waals surface area contributed by atoms with E-state index in [0.29, 0.717) is 0 Å². The van der Waals surface area contributed by atoms with Crippen molar-refractivity contribution >= 4 is 42.4 Å². The molecule has 5 N–H and O–H groups in total. The van der Waals surface area contributed by atoms with Gasteiger partial charge in [0.1, 0.15) is 0 Å². The molecule has 0 aliphatic heterocycles. The Morgan fingerprint density at radius 1 is 1.00 bits per heavy atom. The zero-order valence-corrected chi connectivity index (χ0v) is 19.7. The van der Waals surface area contributed by atoms with Crippen molar-refractivity contribution in [2.24, 2.45) is 16.5 Å². The number of guanidine groups is 1. The molecule has 0 saturated heterocycles. The second kappa shape index (κ2) is 14.6. The zero-order valence-electron chi connectivity index (χ0n) is 17.3. The lowest BCUT2D eigenvalue weighted by molar-refractivity contribution is 0.577. The van der Waals surface area contributed by atoms with E-state index in [2.05, 4.69) is 46.9 Å². The summed E-state index contributed by atoms with van der Waals surface area (Å²) in [6, 6.07) is 10.3. The Hall–Kier alpha value is -1.40. The number of benzene rings is 1. The molecule has 2 aromatic rings. The van der Waals surface area contributed by atoms with E-state index in [9.17, 15) is 0 Å². The van der Waals surface area contributed by atoms with E-state index in [1.807, 2.05) is 12.1 Å². The number of rotatable bonds is 11. The van der Waals surface area contributed by atoms with Crippen LogP contribution in [0.4, 0.5) is 0 Å². The van der Waals surface area contributed by atoms with Crippen LogP contribution in [-0.4, -0.2) is 23.6 Å². The van der Waals surface area contributed by atoms with Crippen LogP contribution in [-0.2, 0) is 6.54 Å². The quantitative estimate of drug-likeness (QED) is 0.252. The van der Waals surface area contributed by atoms with Gasteiger partial charge in [-0.3, -0.25) is 4.99 Å². The van der Waals surface area contributed by atoms with Crippen molar-refractivity contribution < 1.29 is 0 Å². The summed E-state index contributed by atoms with van der Waals surface area (Å²) < 4.78 is 2.28. The van der Waals surface area contributed by atoms with Crippen molar-refractivity contribution in [1.82, 2.24) is 9.88 Å². The van der Waals surface area contributed by atoms with Gasteiger partial charge >= 0.3 is 0 Å². The fourth-order valence-electron chi connectivity index (χ4n) is 3.32. The number of unbranched alkanes of at least 4 members (excludes halogenated alkanes) is 4. The van der Waals surface area contributed by atoms with Gasteiger partial charge in [0, 0.05) is 35.2 Å². The standard InChI is InChI=1S/C21H32ClN5.2ClH/c1-16-14-18(17(2)27(16)20-10-8-19(22)9-11-20)15-25-12-6-4-3-5-7-13-26-21(23)24;;/h8-11,14,25H,3-7,12-13,15H2,1-2H3,(H4,23,24,26);2*1H. The molecule has 1 heterocycles. The molecule has 1 aromatic heterocycles. The van der Waals surface area contributed by atoms with Crippen LogP contribution in [0, 0.1) is 13.8 Å². The van der Waals surface area contributed by atoms with E-state index in [-0.39, 0.29) is 30.8 Å². The fourth-order valence-corrected chi connectivity index (χ4v) is 3.45. The third kappa shape index (κ3) is 9.30. The highest BCUT2D eigenvalue weighted by atomic mass is 35.5. The maximum Gasteiger partial charge on any atom is 0.185 e. The number of halogens is 3. The van der Waals surface area contributed by atoms with Gasteiger partial charge in [0.15, 0.2) is 5.96 Å². The molecule has 0 unspecified atom stereocenters. The first kappa shape index (κ1) is 27.6. The number of hydrogen-bond donors (Lipinski definition) is 3. The predicted octanol–water partition coefficient (Wildman–Crippen LogP) is 4.90. The Kier molecular flexibility index (Phi) is 13.9. The van der Waals surface area contributed by atoms with Crippen molar-refractivity contribution in [2.75, 3.05) is 13.1 Å². The van der Waals surface area contributed by atoms with Crippen LogP contribution < -0.4 is 16.8 Å². The van der Waals surface area contributed by atoms with Gasteiger partial charge in [-0.1, -0.05) is 30.9 Å². The maximum atomic E-state index is 6.01. The summed E-state index contributed by atoms with van der Waals surface area (Å²) in [6.45, 7) is 7.00. The molecule has 0 aliphatic rings. The summed E-state index contributed by atoms with van der Waals surface area (Å²) in [7, 11) is 0. The summed E-state index contributed by atoms with van der Waals surface area (Å²) in [6.07, 6.45) is 5.89. The van der Waals surface area contributed by atoms with Crippen LogP contribution >= 0.6 is 36.4 Å². The van der Waals surface area contributed by atoms with Gasteiger partial charge in [-0.15, -0.1) is 24.8 Å². The smallest absolute Gasteiger partial charge is 0.185 e. The lowest BCUT2D eigenvalue weighted by atomic mass is 10.1. The lowest BCUT2D eigenvalue weighted by Gasteiger charge is -2.10. The van der Waals surface area contributed by atoms with Gasteiger partial charge < -0.3 is 21.4 Å². The monoisotopic (exact) mass is 461 g/mol. The number of nitrogens with zero attached hydrogens (tertiary/aromatic N) is 2. The van der Waals surface area contributed by atoms with Gasteiger partial charge in [-0.05, 0) is 69.1 Å². The van der Waals surface area contributed by atoms with Gasteiger partial charge in [-0.2, -0.15) is 0 Å². The van der Waals surface area contributed by atoms with Crippen LogP contribution in [0.1, 0.15) is 49.1 Å². The Morgan fingerprint density at radius 2 is 1.62 bits per heavy atom. The molecule has 2 rings (SSSR count). The lowest BCUT2D eigenvalue weighted by Crippen LogP contribution is -2.22. The number of aryl methyl sites for hydroxylation is 1. The first-order valence-electron chi connectivity index (χ1n) is 9.69. The summed E-state index contributed by atoms with van der Waals surface area (Å²) in [5.74, 6) is 0.189. The van der Waals surface area contributed by atoms with Gasteiger partial charge in [0.25, 0.3) is 0 Å². The molecular weight excluding hydrogens is 429 g/mol. The Morgan fingerprint density at radius 3 is 2.28 bits per heavy atom. The van der Waals surface area contributed by atoms with Gasteiger partial charge in [0.2, 0.25) is 0 Å². The molecule has 0 spiro atoms. The molecule has 164 valence electrons. The van der Waals surface area contributed by atoms with Crippen molar-refractivity contribution in [1.29, 1.82) is 0 Å². The average molecular weight is 463 g/mol. The zero-order chi connectivity index (χ0) is 19.6. The first-order chi connectivity index (χ1) is 13.0. The van der Waals surface area contributed by atoms with Crippen LogP contribution in [0.5, 0.6) is 0 Å². The molecule has 0 saturated carbocycles. The van der Waals surface area contributed by atoms with E-state index >= 15 is 0 Å². The third-order valence-electron chi connectivity index (χ3n) is 4.74. The highest BCUT2D eigenvalue weighted by molar-refractivity contribution is 6.30. The van der Waals surface area contributed by atoms with Crippen molar-refractivity contribution in [3.8, 4) is 5.69 Å². The number of aliphatic imine (C=N–C) groups is 1. The van der Waals surface area contributed by atoms with Crippen molar-refractivity contribution in [2.45, 2.75) is 52.5 Å². The average Bonchev–Trinajstić information content (AvgIpc) is 2.91. The number of nitrogens with one attached hydrogen (secondary N) is 1. The molecular formula is C21H34Cl3N5. The topological polar surface area (TPSA) is 81.4 Å². The van der Waals surface area contributed by atoms with E-state index in [1.54, 1.807) is 0 Å². The van der Waals surface area contributed by atoms with E-state index in [0.717, 1.165) is 36.8 Å². The molecule has 0 fully saturated rings. The van der Waals surface area contributed by atoms with Crippen LogP contribution in [0.25, 0.3) is 5.69 Å². The van der Waals surface area contributed by atoms with E-state index in [1.165, 1.54) is 42.6 Å². The minimum atomic E-state index is 0. The van der Waals surface area contributed by atoms with E-state index in [4.69, 9.17) is 23.1 Å². The van der Waals surface area contributed by atoms with Crippen molar-refractivity contribution in [3.05, 3.63) is 52.3 Å². The minimum absolute atomic E-state index is 0. The summed E-state index contributed by atoms with van der Waals surface area (Å²) in [5, 5.41) is 4.33. The van der Waals surface area contributed by atoms with Crippen LogP contribution in [0.2, 0.25) is 5.02 Å². The molecule has 8 heteroatoms. The highest BCUT2D eigenvalue weighted by Crippen LogP contribution is 2.22. The van der Waals surface area contributed by atoms with Gasteiger partial charge in [0.05, 0.1) is 0 Å². The minimum Gasteiger partial charge on any atom is -0.370 e. The first-order valence-corrected chi connectivity index (χ1v) is 10.1. The summed E-state index contributed by atoms with van der Waals surface area (Å²) >= 11 is 6.01. The molecule has 0 amide bonds. The largest absolute Gasteiger partial charge is 0.370 e. The SMILES string of the molecule is Cc1cc(CNCCCCCCCN=C(N)N)c(C)n1-c1ccc(Cl)cc1.Cl.Cl. The molecule has 0 bridgehead atoms. The highest BCUT2D eigenvalue weighted by Gasteiger charge is 2.10. The van der Waals surface area contributed by atoms with Gasteiger partial charge in [-0.25, -0.2) is 0 Å². The number of hydrogen-bond acceptors (Lipinski definition) is 2. The molecule has 0 aliphatic carbocycles. The maximum absolute atomic E-state index is 6.01. The molecule has 0 radical (unpaired) electrons. The Balaban J connectivity index is 0.00000392. The molecule has 1 aromatic carbocycles. The van der Waals surface area contributed by atoms with E-state index < -0.39 is 0 Å². The number of aromatic nitrogens is 1. The predicted molar refractivity (Wildman–Crippen MR) is 130 cm³/mol. The molecule has 5 nitrogen and oxygen atoms in total. The second-order valence-electron chi connectivity index (χ2n) is 6.96. The molecule has 0 atom stereocenters. The van der Waals surface area contributed by atoms with Crippen LogP contribution in [0.15, 0.2) is 35.3 Å². The Labute approximate surface area is 192 Å². The van der Waals surface area contributed by atoms with Crippen molar-refractivity contribution in [3.63, 3.8) is 0 Å². The third-order valence-corrected chi connectivity index (χ3v) is 4.99. The molecule has 29 heavy (non-hydrogen) atoms.